The van der Waals surface area contributed by atoms with Gasteiger partial charge in [-0.25, -0.2) is 14.7 Å². The molecule has 7 nitrogen and oxygen atoms in total. The van der Waals surface area contributed by atoms with E-state index in [4.69, 9.17) is 11.6 Å². The number of aromatic amines is 1. The Balaban J connectivity index is 1.88. The zero-order chi connectivity index (χ0) is 19.3. The normalized spacial score (nSPS) is 15.7. The van der Waals surface area contributed by atoms with Gasteiger partial charge in [-0.3, -0.25) is 10.1 Å². The number of H-pyrrole nitrogens is 1. The summed E-state index contributed by atoms with van der Waals surface area (Å²) in [5.41, 5.74) is -0.836. The third kappa shape index (κ3) is 5.46. The van der Waals surface area contributed by atoms with Gasteiger partial charge in [-0.15, -0.1) is 0 Å². The molecule has 1 aromatic rings. The summed E-state index contributed by atoms with van der Waals surface area (Å²) < 4.78 is 38.1. The Labute approximate surface area is 153 Å². The van der Waals surface area contributed by atoms with Crippen molar-refractivity contribution in [1.82, 2.24) is 10.6 Å². The number of rotatable bonds is 4. The van der Waals surface area contributed by atoms with Crippen molar-refractivity contribution in [1.29, 1.82) is 0 Å². The molecule has 0 atom stereocenters. The van der Waals surface area contributed by atoms with E-state index in [-0.39, 0.29) is 17.5 Å². The van der Waals surface area contributed by atoms with Crippen molar-refractivity contribution in [3.8, 4) is 0 Å². The minimum absolute atomic E-state index is 0.00254. The van der Waals surface area contributed by atoms with E-state index >= 15 is 0 Å². The molecule has 2 rings (SSSR count). The Hall–Kier alpha value is -2.07. The van der Waals surface area contributed by atoms with Gasteiger partial charge in [0.25, 0.3) is 11.7 Å². The Morgan fingerprint density at radius 1 is 1.35 bits per heavy atom. The van der Waals surface area contributed by atoms with Crippen molar-refractivity contribution in [2.24, 2.45) is 0 Å². The summed E-state index contributed by atoms with van der Waals surface area (Å²) in [7, 11) is 0. The zero-order valence-corrected chi connectivity index (χ0v) is 14.9. The lowest BCUT2D eigenvalue weighted by atomic mass is 10.2. The van der Waals surface area contributed by atoms with Crippen LogP contribution in [0, 0.1) is 0 Å². The molecule has 1 aliphatic rings. The number of anilines is 1. The van der Waals surface area contributed by atoms with E-state index in [1.54, 1.807) is 6.92 Å². The predicted molar refractivity (Wildman–Crippen MR) is 88.0 cm³/mol. The van der Waals surface area contributed by atoms with Gasteiger partial charge in [-0.2, -0.15) is 13.2 Å². The molecule has 2 heterocycles. The summed E-state index contributed by atoms with van der Waals surface area (Å²) in [4.78, 5) is 28.5. The highest BCUT2D eigenvalue weighted by molar-refractivity contribution is 6.32. The fourth-order valence-electron chi connectivity index (χ4n) is 2.69. The van der Waals surface area contributed by atoms with Crippen molar-refractivity contribution >= 4 is 29.4 Å². The number of imide groups is 1. The minimum atomic E-state index is -4.46. The van der Waals surface area contributed by atoms with E-state index in [1.807, 2.05) is 4.90 Å². The van der Waals surface area contributed by atoms with Crippen LogP contribution in [0.3, 0.4) is 0 Å². The Morgan fingerprint density at radius 3 is 2.54 bits per heavy atom. The summed E-state index contributed by atoms with van der Waals surface area (Å²) in [5, 5.41) is 4.72. The van der Waals surface area contributed by atoms with Crippen molar-refractivity contribution in [2.45, 2.75) is 13.1 Å². The number of amides is 3. The lowest BCUT2D eigenvalue weighted by Crippen LogP contribution is -3.16. The highest BCUT2D eigenvalue weighted by Gasteiger charge is 2.35. The average molecular weight is 396 g/mol. The first-order valence-corrected chi connectivity index (χ1v) is 8.53. The van der Waals surface area contributed by atoms with E-state index in [0.29, 0.717) is 38.5 Å². The lowest BCUT2D eigenvalue weighted by Gasteiger charge is -2.28. The number of carbonyl (C=O) groups is 2. The molecule has 3 amide bonds. The monoisotopic (exact) mass is 395 g/mol. The van der Waals surface area contributed by atoms with Crippen molar-refractivity contribution < 1.29 is 32.6 Å². The van der Waals surface area contributed by atoms with Gasteiger partial charge in [-0.1, -0.05) is 11.6 Å². The van der Waals surface area contributed by atoms with Gasteiger partial charge in [-0.05, 0) is 13.0 Å². The summed E-state index contributed by atoms with van der Waals surface area (Å²) in [6, 6.07) is 0.369. The number of aromatic nitrogens is 1. The molecule has 1 aliphatic heterocycles. The molecule has 11 heteroatoms. The largest absolute Gasteiger partial charge is 0.419 e. The first-order chi connectivity index (χ1) is 12.2. The summed E-state index contributed by atoms with van der Waals surface area (Å²) in [6.45, 7) is 4.54. The number of nitrogens with zero attached hydrogens (tertiary/aromatic N) is 1. The maximum atomic E-state index is 12.7. The second kappa shape index (κ2) is 8.54. The van der Waals surface area contributed by atoms with E-state index in [0.717, 1.165) is 17.2 Å². The molecule has 4 N–H and O–H groups in total. The van der Waals surface area contributed by atoms with Crippen LogP contribution in [0.2, 0.25) is 5.02 Å². The average Bonchev–Trinajstić information content (AvgIpc) is 2.55. The number of halogens is 4. The fourth-order valence-corrected chi connectivity index (χ4v) is 2.99. The van der Waals surface area contributed by atoms with Crippen LogP contribution in [0.25, 0.3) is 0 Å². The molecule has 0 saturated carbocycles. The van der Waals surface area contributed by atoms with Crippen LogP contribution in [0.4, 0.5) is 23.8 Å². The number of hydrogen-bond acceptors (Lipinski definition) is 3. The number of pyridine rings is 1. The third-order valence-electron chi connectivity index (χ3n) is 3.99. The van der Waals surface area contributed by atoms with Crippen molar-refractivity contribution in [2.75, 3.05) is 44.2 Å². The van der Waals surface area contributed by atoms with Crippen LogP contribution in [0.15, 0.2) is 12.3 Å². The van der Waals surface area contributed by atoms with Crippen LogP contribution in [-0.4, -0.2) is 51.2 Å². The van der Waals surface area contributed by atoms with Crippen molar-refractivity contribution in [3.63, 3.8) is 0 Å². The van der Waals surface area contributed by atoms with E-state index < -0.39 is 17.8 Å². The SMILES string of the molecule is CCNC(=O)NC(=O)C[NH+]1CCN(c2[nH+]cc(C(F)(F)F)cc2Cl)CC1. The van der Waals surface area contributed by atoms with Gasteiger partial charge in [0.1, 0.15) is 37.4 Å². The van der Waals surface area contributed by atoms with Gasteiger partial charge in [0.15, 0.2) is 6.54 Å². The van der Waals surface area contributed by atoms with Crippen LogP contribution in [0.5, 0.6) is 0 Å². The van der Waals surface area contributed by atoms with Crippen LogP contribution in [-0.2, 0) is 11.0 Å². The standard InChI is InChI=1S/C15H19ClF3N5O2/c1-2-20-14(26)22-12(25)9-23-3-5-24(6-4-23)13-11(16)7-10(8-21-13)15(17,18)19/h7-8H,2-6,9H2,1H3,(H2,20,22,25,26)/p+2. The van der Waals surface area contributed by atoms with Crippen LogP contribution in [0.1, 0.15) is 12.5 Å². The molecule has 0 bridgehead atoms. The molecule has 26 heavy (non-hydrogen) atoms. The van der Waals surface area contributed by atoms with Gasteiger partial charge in [0, 0.05) is 6.54 Å². The summed E-state index contributed by atoms with van der Waals surface area (Å²) >= 11 is 5.99. The highest BCUT2D eigenvalue weighted by Crippen LogP contribution is 2.31. The van der Waals surface area contributed by atoms with E-state index in [2.05, 4.69) is 15.6 Å². The minimum Gasteiger partial charge on any atom is -0.338 e. The first-order valence-electron chi connectivity index (χ1n) is 8.15. The molecule has 0 radical (unpaired) electrons. The number of carbonyl (C=O) groups excluding carboxylic acids is 2. The lowest BCUT2D eigenvalue weighted by molar-refractivity contribution is -0.892. The molecule has 0 aliphatic carbocycles. The summed E-state index contributed by atoms with van der Waals surface area (Å²) in [5.74, 6) is 0.0454. The quantitative estimate of drug-likeness (QED) is 0.656. The second-order valence-corrected chi connectivity index (χ2v) is 6.31. The molecule has 0 unspecified atom stereocenters. The van der Waals surface area contributed by atoms with Crippen LogP contribution >= 0.6 is 11.6 Å². The molecule has 144 valence electrons. The maximum Gasteiger partial charge on any atom is 0.419 e. The Morgan fingerprint density at radius 2 is 2.00 bits per heavy atom. The molecule has 1 fully saturated rings. The number of alkyl halides is 3. The first kappa shape index (κ1) is 20.2. The van der Waals surface area contributed by atoms with Gasteiger partial charge < -0.3 is 10.2 Å². The van der Waals surface area contributed by atoms with Crippen molar-refractivity contribution in [3.05, 3.63) is 22.8 Å². The van der Waals surface area contributed by atoms with Gasteiger partial charge in [0.05, 0.1) is 5.56 Å². The molecular weight excluding hydrogens is 375 g/mol. The molecule has 1 saturated heterocycles. The van der Waals surface area contributed by atoms with Gasteiger partial charge >= 0.3 is 12.2 Å². The molecule has 0 aromatic carbocycles. The fraction of sp³-hybridized carbons (Fsp3) is 0.533. The van der Waals surface area contributed by atoms with Crippen LogP contribution < -0.4 is 25.4 Å². The van der Waals surface area contributed by atoms with E-state index in [1.165, 1.54) is 0 Å². The highest BCUT2D eigenvalue weighted by atomic mass is 35.5. The number of hydrogen-bond donors (Lipinski definition) is 3. The second-order valence-electron chi connectivity index (χ2n) is 5.90. The molecular formula is C15H21ClF3N5O2+2. The topological polar surface area (TPSA) is 80.0 Å². The van der Waals surface area contributed by atoms with E-state index in [9.17, 15) is 22.8 Å². The number of nitrogens with one attached hydrogen (secondary N) is 4. The Kier molecular flexibility index (Phi) is 6.65. The smallest absolute Gasteiger partial charge is 0.338 e. The summed E-state index contributed by atoms with van der Waals surface area (Å²) in [6.07, 6.45) is -3.57. The third-order valence-corrected chi connectivity index (χ3v) is 4.28. The van der Waals surface area contributed by atoms with Gasteiger partial charge in [0.2, 0.25) is 0 Å². The number of piperazine rings is 1. The zero-order valence-electron chi connectivity index (χ0n) is 14.2. The molecule has 1 aromatic heterocycles. The number of quaternary nitrogens is 1. The number of urea groups is 1. The Bertz CT molecular complexity index is 663. The maximum absolute atomic E-state index is 12.7. The molecule has 0 spiro atoms. The predicted octanol–water partition coefficient (Wildman–Crippen LogP) is -0.276.